The molecule has 0 saturated carbocycles. The maximum Gasteiger partial charge on any atom is 0.306 e. The predicted octanol–water partition coefficient (Wildman–Crippen LogP) is 20.0. The molecule has 1 atom stereocenters. The van der Waals surface area contributed by atoms with Crippen LogP contribution in [-0.4, -0.2) is 37.2 Å². The first-order valence-electron chi connectivity index (χ1n) is 29.8. The summed E-state index contributed by atoms with van der Waals surface area (Å²) >= 11 is 0. The Morgan fingerprint density at radius 3 is 0.913 bits per heavy atom. The molecule has 0 rings (SSSR count). The zero-order valence-corrected chi connectivity index (χ0v) is 45.8. The summed E-state index contributed by atoms with van der Waals surface area (Å²) in [6, 6.07) is 0. The molecule has 0 aliphatic rings. The van der Waals surface area contributed by atoms with Gasteiger partial charge in [-0.15, -0.1) is 0 Å². The van der Waals surface area contributed by atoms with Gasteiger partial charge in [0, 0.05) is 19.3 Å². The highest BCUT2D eigenvalue weighted by Gasteiger charge is 2.19. The van der Waals surface area contributed by atoms with Crippen molar-refractivity contribution in [2.45, 2.75) is 309 Å². The summed E-state index contributed by atoms with van der Waals surface area (Å²) < 4.78 is 16.9. The lowest BCUT2D eigenvalue weighted by molar-refractivity contribution is -0.167. The third-order valence-corrected chi connectivity index (χ3v) is 13.1. The second kappa shape index (κ2) is 57.7. The molecule has 0 heterocycles. The molecule has 0 aromatic rings. The van der Waals surface area contributed by atoms with Crippen molar-refractivity contribution in [1.29, 1.82) is 0 Å². The van der Waals surface area contributed by atoms with Crippen molar-refractivity contribution in [2.75, 3.05) is 13.2 Å². The number of carbonyl (C=O) groups excluding carboxylic acids is 3. The third kappa shape index (κ3) is 55.9. The molecular formula is C63H112O6. The Morgan fingerprint density at radius 2 is 0.565 bits per heavy atom. The molecular weight excluding hydrogens is 853 g/mol. The fourth-order valence-electron chi connectivity index (χ4n) is 8.61. The van der Waals surface area contributed by atoms with Gasteiger partial charge in [-0.25, -0.2) is 0 Å². The van der Waals surface area contributed by atoms with E-state index >= 15 is 0 Å². The Morgan fingerprint density at radius 1 is 0.304 bits per heavy atom. The van der Waals surface area contributed by atoms with Crippen LogP contribution in [0.25, 0.3) is 0 Å². The summed E-state index contributed by atoms with van der Waals surface area (Å²) in [5.74, 6) is -0.877. The van der Waals surface area contributed by atoms with E-state index in [0.717, 1.165) is 70.6 Å². The van der Waals surface area contributed by atoms with Crippen molar-refractivity contribution in [3.05, 3.63) is 60.8 Å². The van der Waals surface area contributed by atoms with Crippen molar-refractivity contribution in [3.63, 3.8) is 0 Å². The van der Waals surface area contributed by atoms with Gasteiger partial charge in [-0.1, -0.05) is 281 Å². The molecule has 0 saturated heterocycles. The summed E-state index contributed by atoms with van der Waals surface area (Å²) in [4.78, 5) is 38.2. The molecule has 0 aromatic heterocycles. The molecule has 6 nitrogen and oxygen atoms in total. The summed E-state index contributed by atoms with van der Waals surface area (Å²) in [6.07, 6.45) is 72.1. The standard InChI is InChI=1S/C63H112O6/c1-4-7-10-13-16-19-22-25-28-30-31-33-35-38-41-44-47-50-53-56-62(65)68-59-60(58-67-61(64)55-52-49-46-43-40-37-34-27-24-21-18-15-12-9-6-3)69-63(66)57-54-51-48-45-42-39-36-32-29-26-23-20-17-14-11-8-5-2/h9,12,15-16,18-19,21-22,24-25,60H,4-8,10-11,13-14,17,20,23,26-59H2,1-3H3/b12-9-,18-15-,19-16-,24-21-,25-22-. The number of rotatable bonds is 54. The molecule has 0 spiro atoms. The molecule has 0 N–H and O–H groups in total. The Kier molecular flexibility index (Phi) is 55.3. The Bertz CT molecular complexity index is 1250. The van der Waals surface area contributed by atoms with E-state index < -0.39 is 6.10 Å². The second-order valence-electron chi connectivity index (χ2n) is 20.0. The van der Waals surface area contributed by atoms with Crippen LogP contribution in [0.4, 0.5) is 0 Å². The number of esters is 3. The van der Waals surface area contributed by atoms with Crippen LogP contribution in [0.15, 0.2) is 60.8 Å². The monoisotopic (exact) mass is 965 g/mol. The van der Waals surface area contributed by atoms with E-state index in [1.165, 1.54) is 193 Å². The highest BCUT2D eigenvalue weighted by atomic mass is 16.6. The molecule has 69 heavy (non-hydrogen) atoms. The molecule has 1 unspecified atom stereocenters. The lowest BCUT2D eigenvalue weighted by Crippen LogP contribution is -2.30. The molecule has 0 fully saturated rings. The van der Waals surface area contributed by atoms with Gasteiger partial charge in [-0.05, 0) is 64.2 Å². The number of ether oxygens (including phenoxy) is 3. The molecule has 0 aliphatic carbocycles. The summed E-state index contributed by atoms with van der Waals surface area (Å²) in [5, 5.41) is 0. The first kappa shape index (κ1) is 66.1. The van der Waals surface area contributed by atoms with Crippen molar-refractivity contribution in [2.24, 2.45) is 0 Å². The number of carbonyl (C=O) groups is 3. The first-order chi connectivity index (χ1) is 34.0. The van der Waals surface area contributed by atoms with Crippen LogP contribution in [0.2, 0.25) is 0 Å². The van der Waals surface area contributed by atoms with Crippen molar-refractivity contribution in [1.82, 2.24) is 0 Å². The summed E-state index contributed by atoms with van der Waals surface area (Å²) in [5.41, 5.74) is 0. The van der Waals surface area contributed by atoms with Crippen LogP contribution in [-0.2, 0) is 28.6 Å². The topological polar surface area (TPSA) is 78.9 Å². The Labute approximate surface area is 428 Å². The van der Waals surface area contributed by atoms with E-state index in [1.54, 1.807) is 0 Å². The van der Waals surface area contributed by atoms with Gasteiger partial charge in [-0.2, -0.15) is 0 Å². The molecule has 6 heteroatoms. The van der Waals surface area contributed by atoms with Crippen molar-refractivity contribution in [3.8, 4) is 0 Å². The van der Waals surface area contributed by atoms with E-state index in [4.69, 9.17) is 14.2 Å². The van der Waals surface area contributed by atoms with Gasteiger partial charge in [0.15, 0.2) is 6.10 Å². The molecule has 400 valence electrons. The predicted molar refractivity (Wildman–Crippen MR) is 298 cm³/mol. The molecule has 0 aliphatic heterocycles. The quantitative estimate of drug-likeness (QED) is 0.0262. The zero-order valence-electron chi connectivity index (χ0n) is 45.8. The first-order valence-corrected chi connectivity index (χ1v) is 29.8. The average Bonchev–Trinajstić information content (AvgIpc) is 3.35. The maximum atomic E-state index is 12.9. The van der Waals surface area contributed by atoms with E-state index in [0.29, 0.717) is 19.3 Å². The Hall–Kier alpha value is -2.89. The van der Waals surface area contributed by atoms with E-state index in [2.05, 4.69) is 81.5 Å². The van der Waals surface area contributed by atoms with Gasteiger partial charge in [-0.3, -0.25) is 14.4 Å². The number of hydrogen-bond acceptors (Lipinski definition) is 6. The molecule has 0 radical (unpaired) electrons. The van der Waals surface area contributed by atoms with E-state index in [-0.39, 0.29) is 31.1 Å². The fraction of sp³-hybridized carbons (Fsp3) is 0.794. The third-order valence-electron chi connectivity index (χ3n) is 13.1. The van der Waals surface area contributed by atoms with Gasteiger partial charge in [0.1, 0.15) is 13.2 Å². The maximum absolute atomic E-state index is 12.9. The molecule has 0 aromatic carbocycles. The highest BCUT2D eigenvalue weighted by molar-refractivity contribution is 5.71. The number of allylic oxidation sites excluding steroid dienone is 10. The van der Waals surface area contributed by atoms with Crippen molar-refractivity contribution < 1.29 is 28.6 Å². The summed E-state index contributed by atoms with van der Waals surface area (Å²) in [6.45, 7) is 6.51. The van der Waals surface area contributed by atoms with Gasteiger partial charge < -0.3 is 14.2 Å². The fourth-order valence-corrected chi connectivity index (χ4v) is 8.61. The van der Waals surface area contributed by atoms with Crippen LogP contribution in [0.1, 0.15) is 303 Å². The minimum atomic E-state index is -0.779. The van der Waals surface area contributed by atoms with Crippen LogP contribution >= 0.6 is 0 Å². The SMILES string of the molecule is CC\C=C/C=C\C=C/CCCCCCCCCC(=O)OCC(COC(=O)CCCCCCCCCCCC/C=C\C=C/CCCCC)OC(=O)CCCCCCCCCCCCCCCCCCC. The number of unbranched alkanes of at least 4 members (excludes halogenated alkanes) is 36. The minimum absolute atomic E-state index is 0.0772. The Balaban J connectivity index is 4.36. The molecule has 0 amide bonds. The second-order valence-corrected chi connectivity index (χ2v) is 20.0. The van der Waals surface area contributed by atoms with Gasteiger partial charge >= 0.3 is 17.9 Å². The largest absolute Gasteiger partial charge is 0.462 e. The van der Waals surface area contributed by atoms with Crippen molar-refractivity contribution >= 4 is 17.9 Å². The normalized spacial score (nSPS) is 12.4. The minimum Gasteiger partial charge on any atom is -0.462 e. The van der Waals surface area contributed by atoms with Gasteiger partial charge in [0.25, 0.3) is 0 Å². The number of hydrogen-bond donors (Lipinski definition) is 0. The zero-order chi connectivity index (χ0) is 50.0. The van der Waals surface area contributed by atoms with E-state index in [9.17, 15) is 14.4 Å². The van der Waals surface area contributed by atoms with Gasteiger partial charge in [0.05, 0.1) is 0 Å². The smallest absolute Gasteiger partial charge is 0.306 e. The molecule has 0 bridgehead atoms. The highest BCUT2D eigenvalue weighted by Crippen LogP contribution is 2.17. The lowest BCUT2D eigenvalue weighted by Gasteiger charge is -2.18. The van der Waals surface area contributed by atoms with Crippen LogP contribution in [0, 0.1) is 0 Å². The lowest BCUT2D eigenvalue weighted by atomic mass is 10.0. The van der Waals surface area contributed by atoms with E-state index in [1.807, 2.05) is 0 Å². The average molecular weight is 966 g/mol. The summed E-state index contributed by atoms with van der Waals surface area (Å²) in [7, 11) is 0. The van der Waals surface area contributed by atoms with Crippen LogP contribution in [0.3, 0.4) is 0 Å². The van der Waals surface area contributed by atoms with Gasteiger partial charge in [0.2, 0.25) is 0 Å². The van der Waals surface area contributed by atoms with Crippen LogP contribution in [0.5, 0.6) is 0 Å². The van der Waals surface area contributed by atoms with Crippen LogP contribution < -0.4 is 0 Å².